The number of urea groups is 1. The first-order valence-electron chi connectivity index (χ1n) is 5.11. The second-order valence-electron chi connectivity index (χ2n) is 3.52. The molecule has 1 aromatic rings. The van der Waals surface area contributed by atoms with E-state index < -0.39 is 5.91 Å². The van der Waals surface area contributed by atoms with Crippen LogP contribution in [0.4, 0.5) is 10.5 Å². The van der Waals surface area contributed by atoms with E-state index >= 15 is 0 Å². The fraction of sp³-hybridized carbons (Fsp3) is 0.167. The van der Waals surface area contributed by atoms with Gasteiger partial charge in [-0.05, 0) is 30.7 Å². The van der Waals surface area contributed by atoms with Crippen molar-refractivity contribution < 1.29 is 9.59 Å². The Morgan fingerprint density at radius 3 is 2.71 bits per heavy atom. The molecule has 5 heteroatoms. The van der Waals surface area contributed by atoms with Crippen molar-refractivity contribution in [1.82, 2.24) is 5.32 Å². The maximum atomic E-state index is 11.3. The number of aryl methyl sites for hydroxylation is 1. The number of carbonyl (C=O) groups is 2. The van der Waals surface area contributed by atoms with Crippen LogP contribution in [-0.2, 0) is 0 Å². The number of primary amides is 1. The zero-order valence-corrected chi connectivity index (χ0v) is 9.62. The van der Waals surface area contributed by atoms with Crippen LogP contribution in [-0.4, -0.2) is 18.5 Å². The fourth-order valence-electron chi connectivity index (χ4n) is 1.36. The third-order valence-electron chi connectivity index (χ3n) is 2.16. The highest BCUT2D eigenvalue weighted by molar-refractivity contribution is 5.95. The Bertz CT molecular complexity index is 455. The van der Waals surface area contributed by atoms with Crippen molar-refractivity contribution in [3.05, 3.63) is 42.0 Å². The van der Waals surface area contributed by atoms with Gasteiger partial charge in [0, 0.05) is 17.8 Å². The van der Waals surface area contributed by atoms with Gasteiger partial charge in [-0.2, -0.15) is 0 Å². The van der Waals surface area contributed by atoms with Crippen LogP contribution in [0, 0.1) is 6.92 Å². The van der Waals surface area contributed by atoms with Crippen LogP contribution in [0.25, 0.3) is 0 Å². The number of amides is 3. The van der Waals surface area contributed by atoms with E-state index in [4.69, 9.17) is 5.73 Å². The molecular weight excluding hydrogens is 218 g/mol. The van der Waals surface area contributed by atoms with Gasteiger partial charge in [-0.1, -0.05) is 6.08 Å². The molecule has 3 amide bonds. The van der Waals surface area contributed by atoms with Gasteiger partial charge in [0.25, 0.3) is 0 Å². The van der Waals surface area contributed by atoms with Gasteiger partial charge in [0.05, 0.1) is 0 Å². The second kappa shape index (κ2) is 5.69. The van der Waals surface area contributed by atoms with E-state index in [1.54, 1.807) is 31.2 Å². The monoisotopic (exact) mass is 233 g/mol. The van der Waals surface area contributed by atoms with Crippen LogP contribution in [0.5, 0.6) is 0 Å². The van der Waals surface area contributed by atoms with E-state index in [9.17, 15) is 9.59 Å². The normalized spacial score (nSPS) is 9.47. The van der Waals surface area contributed by atoms with Gasteiger partial charge in [0.2, 0.25) is 5.91 Å². The second-order valence-corrected chi connectivity index (χ2v) is 3.52. The third-order valence-corrected chi connectivity index (χ3v) is 2.16. The van der Waals surface area contributed by atoms with Gasteiger partial charge >= 0.3 is 6.03 Å². The average molecular weight is 233 g/mol. The lowest BCUT2D eigenvalue weighted by Crippen LogP contribution is -2.28. The Balaban J connectivity index is 2.74. The van der Waals surface area contributed by atoms with Crippen LogP contribution < -0.4 is 16.4 Å². The molecule has 0 unspecified atom stereocenters. The zero-order valence-electron chi connectivity index (χ0n) is 9.62. The maximum absolute atomic E-state index is 11.3. The van der Waals surface area contributed by atoms with Crippen LogP contribution in [0.15, 0.2) is 30.9 Å². The summed E-state index contributed by atoms with van der Waals surface area (Å²) < 4.78 is 0. The van der Waals surface area contributed by atoms with Crippen molar-refractivity contribution in [3.8, 4) is 0 Å². The lowest BCUT2D eigenvalue weighted by Gasteiger charge is -2.08. The molecule has 0 radical (unpaired) electrons. The highest BCUT2D eigenvalue weighted by Crippen LogP contribution is 2.14. The molecule has 0 bridgehead atoms. The maximum Gasteiger partial charge on any atom is 0.319 e. The summed E-state index contributed by atoms with van der Waals surface area (Å²) in [5, 5.41) is 5.21. The summed E-state index contributed by atoms with van der Waals surface area (Å²) in [5.74, 6) is -0.481. The summed E-state index contributed by atoms with van der Waals surface area (Å²) in [5.41, 5.74) is 6.96. The van der Waals surface area contributed by atoms with E-state index in [0.717, 1.165) is 5.56 Å². The molecule has 0 aromatic heterocycles. The Hall–Kier alpha value is -2.30. The summed E-state index contributed by atoms with van der Waals surface area (Å²) in [6, 6.07) is 4.57. The topological polar surface area (TPSA) is 84.2 Å². The van der Waals surface area contributed by atoms with Gasteiger partial charge in [-0.3, -0.25) is 4.79 Å². The molecule has 0 heterocycles. The molecule has 0 fully saturated rings. The molecular formula is C12H15N3O2. The highest BCUT2D eigenvalue weighted by Gasteiger charge is 2.06. The Morgan fingerprint density at radius 2 is 2.18 bits per heavy atom. The summed E-state index contributed by atoms with van der Waals surface area (Å²) in [6.07, 6.45) is 1.58. The predicted octanol–water partition coefficient (Wildman–Crippen LogP) is 1.40. The van der Waals surface area contributed by atoms with E-state index in [1.807, 2.05) is 0 Å². The van der Waals surface area contributed by atoms with Crippen LogP contribution in [0.2, 0.25) is 0 Å². The quantitative estimate of drug-likeness (QED) is 0.687. The molecule has 0 aliphatic heterocycles. The number of nitrogens with one attached hydrogen (secondary N) is 2. The van der Waals surface area contributed by atoms with E-state index in [1.165, 1.54) is 0 Å². The standard InChI is InChI=1S/C12H15N3O2/c1-3-6-14-12(17)15-9-4-5-10(11(13)16)8(2)7-9/h3-5,7H,1,6H2,2H3,(H2,13,16)(H2,14,15,17). The number of hydrogen-bond donors (Lipinski definition) is 3. The third kappa shape index (κ3) is 3.64. The first kappa shape index (κ1) is 12.8. The van der Waals surface area contributed by atoms with Crippen molar-refractivity contribution in [3.63, 3.8) is 0 Å². The number of anilines is 1. The lowest BCUT2D eigenvalue weighted by atomic mass is 10.1. The molecule has 0 atom stereocenters. The smallest absolute Gasteiger partial charge is 0.319 e. The summed E-state index contributed by atoms with van der Waals surface area (Å²) >= 11 is 0. The van der Waals surface area contributed by atoms with Gasteiger partial charge in [0.15, 0.2) is 0 Å². The molecule has 1 aromatic carbocycles. The van der Waals surface area contributed by atoms with Crippen LogP contribution in [0.3, 0.4) is 0 Å². The van der Waals surface area contributed by atoms with Gasteiger partial charge in [-0.25, -0.2) is 4.79 Å². The first-order chi connectivity index (χ1) is 8.04. The molecule has 17 heavy (non-hydrogen) atoms. The predicted molar refractivity (Wildman–Crippen MR) is 66.9 cm³/mol. The highest BCUT2D eigenvalue weighted by atomic mass is 16.2. The van der Waals surface area contributed by atoms with Gasteiger partial charge in [-0.15, -0.1) is 6.58 Å². The van der Waals surface area contributed by atoms with E-state index in [2.05, 4.69) is 17.2 Å². The van der Waals surface area contributed by atoms with E-state index in [-0.39, 0.29) is 6.03 Å². The molecule has 0 aliphatic carbocycles. The Morgan fingerprint density at radius 1 is 1.47 bits per heavy atom. The first-order valence-corrected chi connectivity index (χ1v) is 5.11. The Kier molecular flexibility index (Phi) is 4.28. The van der Waals surface area contributed by atoms with E-state index in [0.29, 0.717) is 17.8 Å². The molecule has 0 spiro atoms. The summed E-state index contributed by atoms with van der Waals surface area (Å²) in [6.45, 7) is 5.64. The number of hydrogen-bond acceptors (Lipinski definition) is 2. The molecule has 1 rings (SSSR count). The molecule has 5 nitrogen and oxygen atoms in total. The molecule has 0 saturated carbocycles. The van der Waals surface area contributed by atoms with Crippen molar-refractivity contribution in [1.29, 1.82) is 0 Å². The lowest BCUT2D eigenvalue weighted by molar-refractivity contribution is 0.0999. The fourth-order valence-corrected chi connectivity index (χ4v) is 1.36. The summed E-state index contributed by atoms with van der Waals surface area (Å²) in [7, 11) is 0. The van der Waals surface area contributed by atoms with Gasteiger partial charge in [0.1, 0.15) is 0 Å². The molecule has 0 saturated heterocycles. The largest absolute Gasteiger partial charge is 0.366 e. The minimum atomic E-state index is -0.481. The van der Waals surface area contributed by atoms with Crippen LogP contribution in [0.1, 0.15) is 15.9 Å². The van der Waals surface area contributed by atoms with Crippen molar-refractivity contribution in [2.24, 2.45) is 5.73 Å². The minimum Gasteiger partial charge on any atom is -0.366 e. The SMILES string of the molecule is C=CCNC(=O)Nc1ccc(C(N)=O)c(C)c1. The average Bonchev–Trinajstić information content (AvgIpc) is 2.26. The molecule has 4 N–H and O–H groups in total. The van der Waals surface area contributed by atoms with Gasteiger partial charge < -0.3 is 16.4 Å². The van der Waals surface area contributed by atoms with Crippen molar-refractivity contribution >= 4 is 17.6 Å². The zero-order chi connectivity index (χ0) is 12.8. The van der Waals surface area contributed by atoms with Crippen molar-refractivity contribution in [2.45, 2.75) is 6.92 Å². The number of benzene rings is 1. The summed E-state index contributed by atoms with van der Waals surface area (Å²) in [4.78, 5) is 22.3. The van der Waals surface area contributed by atoms with Crippen LogP contribution >= 0.6 is 0 Å². The molecule has 90 valence electrons. The number of rotatable bonds is 4. The van der Waals surface area contributed by atoms with Crippen molar-refractivity contribution in [2.75, 3.05) is 11.9 Å². The number of carbonyl (C=O) groups excluding carboxylic acids is 2. The Labute approximate surface area is 99.7 Å². The number of nitrogens with two attached hydrogens (primary N) is 1. The minimum absolute atomic E-state index is 0.323. The molecule has 0 aliphatic rings.